The molecule has 0 saturated carbocycles. The number of rotatable bonds is 0. The van der Waals surface area contributed by atoms with Crippen LogP contribution in [0.25, 0.3) is 0 Å². The van der Waals surface area contributed by atoms with Gasteiger partial charge in [0.2, 0.25) is 0 Å². The lowest BCUT2D eigenvalue weighted by molar-refractivity contribution is 4.78. The van der Waals surface area contributed by atoms with Crippen molar-refractivity contribution in [2.45, 2.75) is 0 Å². The van der Waals surface area contributed by atoms with E-state index in [1.165, 1.54) is 0 Å². The Labute approximate surface area is 44.7 Å². The zero-order chi connectivity index (χ0) is 3.54. The summed E-state index contributed by atoms with van der Waals surface area (Å²) in [4.78, 5) is 0. The van der Waals surface area contributed by atoms with E-state index in [1.807, 2.05) is 0 Å². The van der Waals surface area contributed by atoms with Gasteiger partial charge in [0.15, 0.2) is 0 Å². The minimum absolute atomic E-state index is 1.75. The minimum Gasteiger partial charge on any atom is -0.239 e. The summed E-state index contributed by atoms with van der Waals surface area (Å²) in [5.41, 5.74) is 0. The highest BCUT2D eigenvalue weighted by Gasteiger charge is 2.02. The molecule has 1 rings (SSSR count). The van der Waals surface area contributed by atoms with Gasteiger partial charge < -0.3 is 0 Å². The van der Waals surface area contributed by atoms with Crippen LogP contribution in [-0.4, -0.2) is 11.7 Å². The lowest BCUT2D eigenvalue weighted by atomic mass is 10.7. The van der Waals surface area contributed by atoms with Gasteiger partial charge in [0.1, 0.15) is 0 Å². The third-order valence-electron chi connectivity index (χ3n) is 0.245. The van der Waals surface area contributed by atoms with Crippen LogP contribution in [0, 0.1) is 0 Å². The third-order valence-corrected chi connectivity index (χ3v) is 3.62. The largest absolute Gasteiger partial charge is 0.269 e. The van der Waals surface area contributed by atoms with Gasteiger partial charge in [-0.25, -0.2) is 11.5 Å². The van der Waals surface area contributed by atoms with E-state index in [2.05, 4.69) is 11.7 Å². The molecule has 0 unspecified atom stereocenters. The summed E-state index contributed by atoms with van der Waals surface area (Å²) in [7, 11) is 3.55. The maximum Gasteiger partial charge on any atom is 0.269 e. The van der Waals surface area contributed by atoms with Crippen molar-refractivity contribution in [3.63, 3.8) is 0 Å². The molecule has 2 radical (unpaired) electrons. The molecule has 0 aromatic rings. The van der Waals surface area contributed by atoms with E-state index < -0.39 is 0 Å². The average molecular weight is 118 g/mol. The molecule has 0 atom stereocenters. The molecule has 0 bridgehead atoms. The van der Waals surface area contributed by atoms with Crippen molar-refractivity contribution in [1.82, 2.24) is 0 Å². The van der Waals surface area contributed by atoms with E-state index in [0.717, 1.165) is 0 Å². The quantitative estimate of drug-likeness (QED) is 0.346. The first-order chi connectivity index (χ1) is 2.50. The standard InChI is InChI=1S/B2S3/c1-3-2-5-4-1. The van der Waals surface area contributed by atoms with Crippen molar-refractivity contribution in [2.24, 2.45) is 0 Å². The Hall–Kier alpha value is 1.18. The summed E-state index contributed by atoms with van der Waals surface area (Å²) in [5, 5.41) is 0. The Morgan fingerprint density at radius 2 is 1.60 bits per heavy atom. The highest BCUT2D eigenvalue weighted by molar-refractivity contribution is 9.09. The Balaban J connectivity index is 2.08. The van der Waals surface area contributed by atoms with Crippen LogP contribution in [0.15, 0.2) is 0 Å². The molecule has 1 fully saturated rings. The molecule has 0 spiro atoms. The van der Waals surface area contributed by atoms with Gasteiger partial charge in [0.25, 0.3) is 11.7 Å². The molecular formula is B2S3. The Kier molecular flexibility index (Phi) is 2.06. The Morgan fingerprint density at radius 3 is 1.80 bits per heavy atom. The van der Waals surface area contributed by atoms with Gasteiger partial charge in [-0.2, -0.15) is 0 Å². The van der Waals surface area contributed by atoms with E-state index in [0.29, 0.717) is 0 Å². The number of hydrogen-bond donors (Lipinski definition) is 0. The number of hydrogen-bond acceptors (Lipinski definition) is 3. The first-order valence-corrected chi connectivity index (χ1v) is 4.33. The van der Waals surface area contributed by atoms with Crippen molar-refractivity contribution < 1.29 is 0 Å². The van der Waals surface area contributed by atoms with Gasteiger partial charge in [0, 0.05) is 0 Å². The summed E-state index contributed by atoms with van der Waals surface area (Å²) in [6.45, 7) is 0. The predicted octanol–water partition coefficient (Wildman–Crippen LogP) is 1.18. The molecule has 5 heteroatoms. The molecule has 1 aliphatic heterocycles. The third kappa shape index (κ3) is 1.37. The van der Waals surface area contributed by atoms with Gasteiger partial charge in [-0.3, -0.25) is 0 Å². The maximum atomic E-state index is 2.10. The van der Waals surface area contributed by atoms with Gasteiger partial charge >= 0.3 is 0 Å². The van der Waals surface area contributed by atoms with Crippen LogP contribution >= 0.6 is 32.8 Å². The van der Waals surface area contributed by atoms with Crippen LogP contribution in [0.2, 0.25) is 0 Å². The smallest absolute Gasteiger partial charge is 0.239 e. The van der Waals surface area contributed by atoms with E-state index in [1.54, 1.807) is 32.8 Å². The second-order valence-corrected chi connectivity index (χ2v) is 3.87. The van der Waals surface area contributed by atoms with E-state index >= 15 is 0 Å². The predicted molar refractivity (Wildman–Crippen MR) is 34.3 cm³/mol. The fourth-order valence-corrected chi connectivity index (χ4v) is 3.06. The van der Waals surface area contributed by atoms with Gasteiger partial charge in [0.05, 0.1) is 0 Å². The van der Waals surface area contributed by atoms with Crippen LogP contribution < -0.4 is 0 Å². The summed E-state index contributed by atoms with van der Waals surface area (Å²) >= 11 is 1.75. The second kappa shape index (κ2) is 2.37. The summed E-state index contributed by atoms with van der Waals surface area (Å²) < 4.78 is 0. The lowest BCUT2D eigenvalue weighted by Crippen LogP contribution is -1.58. The molecule has 1 heterocycles. The van der Waals surface area contributed by atoms with Crippen LogP contribution in [-0.2, 0) is 0 Å². The average Bonchev–Trinajstić information content (AvgIpc) is 1.76. The van der Waals surface area contributed by atoms with E-state index in [4.69, 9.17) is 0 Å². The molecule has 0 amide bonds. The lowest BCUT2D eigenvalue weighted by Gasteiger charge is -1.67. The Bertz CT molecular complexity index is 16.5. The van der Waals surface area contributed by atoms with Gasteiger partial charge in [-0.1, -0.05) is 0 Å². The highest BCUT2D eigenvalue weighted by atomic mass is 33.1. The summed E-state index contributed by atoms with van der Waals surface area (Å²) in [5.74, 6) is 4.20. The van der Waals surface area contributed by atoms with Crippen LogP contribution in [0.4, 0.5) is 0 Å². The second-order valence-electron chi connectivity index (χ2n) is 0.521. The van der Waals surface area contributed by atoms with Crippen LogP contribution in [0.1, 0.15) is 0 Å². The zero-order valence-corrected chi connectivity index (χ0v) is 4.83. The molecule has 0 aromatic carbocycles. The molecule has 24 valence electrons. The molecule has 0 aliphatic carbocycles. The molecule has 1 aliphatic rings. The fourth-order valence-electron chi connectivity index (χ4n) is 0.113. The van der Waals surface area contributed by atoms with Gasteiger partial charge in [-0.15, -0.1) is 21.3 Å². The van der Waals surface area contributed by atoms with Crippen molar-refractivity contribution in [2.75, 3.05) is 0 Å². The van der Waals surface area contributed by atoms with Crippen molar-refractivity contribution >= 4 is 44.4 Å². The SMILES string of the molecule is [B]1S[B]SS1. The Morgan fingerprint density at radius 1 is 1.00 bits per heavy atom. The molecule has 0 N–H and O–H groups in total. The summed E-state index contributed by atoms with van der Waals surface area (Å²) in [6.07, 6.45) is 0. The zero-order valence-electron chi connectivity index (χ0n) is 2.38. The van der Waals surface area contributed by atoms with Crippen molar-refractivity contribution in [1.29, 1.82) is 0 Å². The van der Waals surface area contributed by atoms with E-state index in [-0.39, 0.29) is 0 Å². The highest BCUT2D eigenvalue weighted by Crippen LogP contribution is 2.32. The first kappa shape index (κ1) is 4.34. The van der Waals surface area contributed by atoms with Crippen LogP contribution in [0.3, 0.4) is 0 Å². The topological polar surface area (TPSA) is 0 Å². The van der Waals surface area contributed by atoms with Gasteiger partial charge in [-0.05, 0) is 0 Å². The molecule has 5 heavy (non-hydrogen) atoms. The minimum atomic E-state index is 1.75. The summed E-state index contributed by atoms with van der Waals surface area (Å²) in [6, 6.07) is 0. The molecule has 0 aromatic heterocycles. The molecule has 0 nitrogen and oxygen atoms in total. The van der Waals surface area contributed by atoms with Crippen molar-refractivity contribution in [3.05, 3.63) is 0 Å². The molecule has 1 saturated heterocycles. The van der Waals surface area contributed by atoms with Crippen molar-refractivity contribution in [3.8, 4) is 0 Å². The maximum absolute atomic E-state index is 2.10. The normalized spacial score (nSPS) is 20.8. The monoisotopic (exact) mass is 118 g/mol. The fraction of sp³-hybridized carbons (Fsp3) is 0. The first-order valence-electron chi connectivity index (χ1n) is 1.11. The molecular weight excluding hydrogens is 118 g/mol. The van der Waals surface area contributed by atoms with Crippen LogP contribution in [0.5, 0.6) is 0 Å². The van der Waals surface area contributed by atoms with E-state index in [9.17, 15) is 0 Å².